The van der Waals surface area contributed by atoms with Crippen LogP contribution in [-0.2, 0) is 16.0 Å². The number of ether oxygens (including phenoxy) is 1. The third kappa shape index (κ3) is 7.63. The predicted molar refractivity (Wildman–Crippen MR) is 122 cm³/mol. The van der Waals surface area contributed by atoms with Gasteiger partial charge in [0.25, 0.3) is 0 Å². The Morgan fingerprint density at radius 2 is 2.00 bits per heavy atom. The Morgan fingerprint density at radius 1 is 1.20 bits per heavy atom. The van der Waals surface area contributed by atoms with Crippen molar-refractivity contribution in [3.05, 3.63) is 35.9 Å². The molecule has 0 bridgehead atoms. The summed E-state index contributed by atoms with van der Waals surface area (Å²) in [5.74, 6) is 1.40. The maximum absolute atomic E-state index is 12.4. The second-order valence-electron chi connectivity index (χ2n) is 8.42. The molecule has 6 nitrogen and oxygen atoms in total. The van der Waals surface area contributed by atoms with E-state index >= 15 is 0 Å². The number of carbonyl (C=O) groups is 1. The average Bonchev–Trinajstić information content (AvgIpc) is 3.40. The fourth-order valence-corrected chi connectivity index (χ4v) is 4.25. The Hall–Kier alpha value is -2.08. The van der Waals surface area contributed by atoms with Gasteiger partial charge in [-0.3, -0.25) is 9.79 Å². The average molecular weight is 415 g/mol. The Labute approximate surface area is 181 Å². The number of benzene rings is 1. The van der Waals surface area contributed by atoms with E-state index in [1.54, 1.807) is 0 Å². The zero-order valence-corrected chi connectivity index (χ0v) is 18.4. The molecule has 166 valence electrons. The largest absolute Gasteiger partial charge is 0.378 e. The summed E-state index contributed by atoms with van der Waals surface area (Å²) in [6.45, 7) is 6.85. The predicted octanol–water partition coefficient (Wildman–Crippen LogP) is 2.98. The highest BCUT2D eigenvalue weighted by Gasteiger charge is 2.29. The summed E-state index contributed by atoms with van der Waals surface area (Å²) < 4.78 is 5.92. The summed E-state index contributed by atoms with van der Waals surface area (Å²) in [4.78, 5) is 19.1. The van der Waals surface area contributed by atoms with Gasteiger partial charge in [-0.1, -0.05) is 43.2 Å². The number of likely N-dealkylation sites (tertiary alicyclic amines) is 1. The topological polar surface area (TPSA) is 66.0 Å². The number of guanidine groups is 1. The van der Waals surface area contributed by atoms with Gasteiger partial charge in [-0.25, -0.2) is 0 Å². The van der Waals surface area contributed by atoms with Crippen molar-refractivity contribution >= 4 is 11.9 Å². The normalized spacial score (nSPS) is 20.2. The van der Waals surface area contributed by atoms with Crippen LogP contribution in [0.4, 0.5) is 0 Å². The fourth-order valence-electron chi connectivity index (χ4n) is 4.25. The summed E-state index contributed by atoms with van der Waals surface area (Å²) >= 11 is 0. The third-order valence-corrected chi connectivity index (χ3v) is 5.93. The standard InChI is InChI=1S/C24H38N4O2/c1-2-25-24(26-14-8-16-30-22-11-6-7-12-22)27-18-21-17-23(29)28(19-21)15-13-20-9-4-3-5-10-20/h3-5,9-10,21-22H,2,6-8,11-19H2,1H3,(H2,25,26,27). The van der Waals surface area contributed by atoms with Crippen molar-refractivity contribution < 1.29 is 9.53 Å². The molecule has 1 unspecified atom stereocenters. The lowest BCUT2D eigenvalue weighted by Gasteiger charge is -2.17. The van der Waals surface area contributed by atoms with E-state index in [0.29, 0.717) is 25.0 Å². The zero-order chi connectivity index (χ0) is 21.0. The second-order valence-corrected chi connectivity index (χ2v) is 8.42. The first-order valence-electron chi connectivity index (χ1n) is 11.7. The Balaban J connectivity index is 1.35. The van der Waals surface area contributed by atoms with Gasteiger partial charge in [0.15, 0.2) is 5.96 Å². The highest BCUT2D eigenvalue weighted by atomic mass is 16.5. The lowest BCUT2D eigenvalue weighted by Crippen LogP contribution is -2.38. The van der Waals surface area contributed by atoms with Crippen molar-refractivity contribution in [2.75, 3.05) is 39.3 Å². The number of nitrogens with one attached hydrogen (secondary N) is 2. The Morgan fingerprint density at radius 3 is 2.77 bits per heavy atom. The van der Waals surface area contributed by atoms with Gasteiger partial charge in [-0.05, 0) is 38.2 Å². The molecule has 0 radical (unpaired) electrons. The van der Waals surface area contributed by atoms with Crippen LogP contribution in [0, 0.1) is 5.92 Å². The summed E-state index contributed by atoms with van der Waals surface area (Å²) in [7, 11) is 0. The summed E-state index contributed by atoms with van der Waals surface area (Å²) in [5.41, 5.74) is 1.28. The van der Waals surface area contributed by atoms with Gasteiger partial charge in [-0.2, -0.15) is 0 Å². The monoisotopic (exact) mass is 414 g/mol. The molecule has 2 N–H and O–H groups in total. The van der Waals surface area contributed by atoms with Crippen molar-refractivity contribution in [2.24, 2.45) is 10.9 Å². The first-order chi connectivity index (χ1) is 14.7. The van der Waals surface area contributed by atoms with Crippen molar-refractivity contribution in [2.45, 2.75) is 58.0 Å². The van der Waals surface area contributed by atoms with Crippen LogP contribution in [0.3, 0.4) is 0 Å². The smallest absolute Gasteiger partial charge is 0.223 e. The van der Waals surface area contributed by atoms with Gasteiger partial charge < -0.3 is 20.3 Å². The minimum Gasteiger partial charge on any atom is -0.378 e. The molecular weight excluding hydrogens is 376 g/mol. The molecule has 2 fully saturated rings. The number of aliphatic imine (C=N–C) groups is 1. The minimum absolute atomic E-state index is 0.258. The molecule has 1 heterocycles. The molecule has 3 rings (SSSR count). The minimum atomic E-state index is 0.258. The molecular formula is C24H38N4O2. The number of rotatable bonds is 11. The Bertz CT molecular complexity index is 658. The van der Waals surface area contributed by atoms with Crippen molar-refractivity contribution in [1.29, 1.82) is 0 Å². The molecule has 0 spiro atoms. The van der Waals surface area contributed by atoms with Crippen molar-refractivity contribution in [3.63, 3.8) is 0 Å². The van der Waals surface area contributed by atoms with Crippen LogP contribution in [0.15, 0.2) is 35.3 Å². The number of nitrogens with zero attached hydrogens (tertiary/aromatic N) is 2. The highest BCUT2D eigenvalue weighted by Crippen LogP contribution is 2.21. The SMILES string of the molecule is CCNC(=NCC1CC(=O)N(CCc2ccccc2)C1)NCCCOC1CCCC1. The number of hydrogen-bond acceptors (Lipinski definition) is 3. The first kappa shape index (κ1) is 22.6. The van der Waals surface area contributed by atoms with Crippen LogP contribution in [-0.4, -0.2) is 62.2 Å². The van der Waals surface area contributed by atoms with Gasteiger partial charge in [0.2, 0.25) is 5.91 Å². The maximum atomic E-state index is 12.4. The highest BCUT2D eigenvalue weighted by molar-refractivity contribution is 5.80. The molecule has 0 aromatic heterocycles. The summed E-state index contributed by atoms with van der Waals surface area (Å²) in [6, 6.07) is 10.4. The van der Waals surface area contributed by atoms with E-state index in [0.717, 1.165) is 51.6 Å². The van der Waals surface area contributed by atoms with E-state index in [-0.39, 0.29) is 5.91 Å². The summed E-state index contributed by atoms with van der Waals surface area (Å²) in [5, 5.41) is 6.71. The second kappa shape index (κ2) is 12.6. The maximum Gasteiger partial charge on any atom is 0.223 e. The molecule has 1 aliphatic heterocycles. The van der Waals surface area contributed by atoms with E-state index in [4.69, 9.17) is 9.73 Å². The fraction of sp³-hybridized carbons (Fsp3) is 0.667. The number of amides is 1. The third-order valence-electron chi connectivity index (χ3n) is 5.93. The van der Waals surface area contributed by atoms with Gasteiger partial charge in [0.1, 0.15) is 0 Å². The lowest BCUT2D eigenvalue weighted by atomic mass is 10.1. The molecule has 2 aliphatic rings. The molecule has 1 aromatic rings. The van der Waals surface area contributed by atoms with Gasteiger partial charge in [0, 0.05) is 51.7 Å². The molecule has 1 aromatic carbocycles. The zero-order valence-electron chi connectivity index (χ0n) is 18.4. The van der Waals surface area contributed by atoms with Gasteiger partial charge in [0.05, 0.1) is 6.10 Å². The molecule has 1 atom stereocenters. The van der Waals surface area contributed by atoms with E-state index in [2.05, 4.69) is 41.8 Å². The molecule has 1 saturated carbocycles. The van der Waals surface area contributed by atoms with Crippen molar-refractivity contribution in [1.82, 2.24) is 15.5 Å². The molecule has 30 heavy (non-hydrogen) atoms. The number of hydrogen-bond donors (Lipinski definition) is 2. The van der Waals surface area contributed by atoms with Gasteiger partial charge >= 0.3 is 0 Å². The number of carbonyl (C=O) groups excluding carboxylic acids is 1. The van der Waals surface area contributed by atoms with Crippen LogP contribution < -0.4 is 10.6 Å². The van der Waals surface area contributed by atoms with Crippen LogP contribution >= 0.6 is 0 Å². The lowest BCUT2D eigenvalue weighted by molar-refractivity contribution is -0.127. The molecule has 6 heteroatoms. The van der Waals surface area contributed by atoms with E-state index in [1.165, 1.54) is 31.2 Å². The molecule has 1 amide bonds. The molecule has 1 saturated heterocycles. The van der Waals surface area contributed by atoms with Crippen molar-refractivity contribution in [3.8, 4) is 0 Å². The quantitative estimate of drug-likeness (QED) is 0.332. The summed E-state index contributed by atoms with van der Waals surface area (Å²) in [6.07, 6.45) is 8.05. The van der Waals surface area contributed by atoms with Crippen LogP contribution in [0.5, 0.6) is 0 Å². The van der Waals surface area contributed by atoms with Crippen LogP contribution in [0.1, 0.15) is 51.0 Å². The van der Waals surface area contributed by atoms with E-state index < -0.39 is 0 Å². The first-order valence-corrected chi connectivity index (χ1v) is 11.7. The van der Waals surface area contributed by atoms with E-state index in [9.17, 15) is 4.79 Å². The van der Waals surface area contributed by atoms with E-state index in [1.807, 2.05) is 11.0 Å². The van der Waals surface area contributed by atoms with Gasteiger partial charge in [-0.15, -0.1) is 0 Å². The Kier molecular flexibility index (Phi) is 9.48. The van der Waals surface area contributed by atoms with Crippen LogP contribution in [0.2, 0.25) is 0 Å². The molecule has 1 aliphatic carbocycles. The van der Waals surface area contributed by atoms with Crippen LogP contribution in [0.25, 0.3) is 0 Å².